The van der Waals surface area contributed by atoms with Gasteiger partial charge in [0, 0.05) is 15.4 Å². The fraction of sp³-hybridized carbons (Fsp3) is 0.538. The van der Waals surface area contributed by atoms with Crippen molar-refractivity contribution in [3.63, 3.8) is 0 Å². The first-order valence-corrected chi connectivity index (χ1v) is 7.38. The average molecular weight is 324 g/mol. The van der Waals surface area contributed by atoms with Crippen molar-refractivity contribution < 1.29 is 0 Å². The third-order valence-corrected chi connectivity index (χ3v) is 4.75. The Morgan fingerprint density at radius 3 is 2.50 bits per heavy atom. The number of alkyl halides is 1. The molecule has 0 saturated heterocycles. The highest BCUT2D eigenvalue weighted by atomic mass is 79.9. The van der Waals surface area contributed by atoms with Crippen LogP contribution in [0.25, 0.3) is 0 Å². The zero-order valence-corrected chi connectivity index (χ0v) is 12.8. The van der Waals surface area contributed by atoms with Gasteiger partial charge in [0.2, 0.25) is 0 Å². The van der Waals surface area contributed by atoms with Crippen LogP contribution < -0.4 is 0 Å². The number of rotatable bonds is 5. The van der Waals surface area contributed by atoms with Crippen molar-refractivity contribution in [1.29, 1.82) is 0 Å². The first-order valence-electron chi connectivity index (χ1n) is 5.50. The van der Waals surface area contributed by atoms with Gasteiger partial charge in [0.1, 0.15) is 0 Å². The van der Waals surface area contributed by atoms with Crippen LogP contribution in [0, 0.1) is 5.41 Å². The molecular formula is C13H17BrCl2. The molecule has 0 fully saturated rings. The minimum absolute atomic E-state index is 0.270. The number of halogens is 3. The zero-order chi connectivity index (χ0) is 12.2. The quantitative estimate of drug-likeness (QED) is 0.606. The van der Waals surface area contributed by atoms with E-state index in [0.717, 1.165) is 16.8 Å². The SMILES string of the molecule is CCCC(C)(CBr)Cc1ccc(Cl)cc1Cl. The molecule has 3 heteroatoms. The topological polar surface area (TPSA) is 0 Å². The Bertz CT molecular complexity index is 352. The van der Waals surface area contributed by atoms with E-state index in [1.165, 1.54) is 18.4 Å². The minimum Gasteiger partial charge on any atom is -0.0922 e. The van der Waals surface area contributed by atoms with E-state index in [9.17, 15) is 0 Å². The number of benzene rings is 1. The second-order valence-corrected chi connectivity index (χ2v) is 6.01. The Balaban J connectivity index is 2.85. The molecule has 0 spiro atoms. The van der Waals surface area contributed by atoms with Crippen LogP contribution >= 0.6 is 39.1 Å². The van der Waals surface area contributed by atoms with E-state index >= 15 is 0 Å². The number of hydrogen-bond acceptors (Lipinski definition) is 0. The van der Waals surface area contributed by atoms with E-state index in [-0.39, 0.29) is 5.41 Å². The van der Waals surface area contributed by atoms with E-state index in [0.29, 0.717) is 5.02 Å². The van der Waals surface area contributed by atoms with Gasteiger partial charge in [-0.25, -0.2) is 0 Å². The maximum Gasteiger partial charge on any atom is 0.0453 e. The van der Waals surface area contributed by atoms with Crippen LogP contribution in [0.15, 0.2) is 18.2 Å². The van der Waals surface area contributed by atoms with E-state index in [1.807, 2.05) is 18.2 Å². The van der Waals surface area contributed by atoms with Crippen molar-refractivity contribution >= 4 is 39.1 Å². The van der Waals surface area contributed by atoms with Crippen LogP contribution in [0.2, 0.25) is 10.0 Å². The van der Waals surface area contributed by atoms with E-state index in [4.69, 9.17) is 23.2 Å². The van der Waals surface area contributed by atoms with Crippen molar-refractivity contribution in [2.45, 2.75) is 33.1 Å². The van der Waals surface area contributed by atoms with Crippen molar-refractivity contribution in [2.75, 3.05) is 5.33 Å². The first kappa shape index (κ1) is 14.3. The lowest BCUT2D eigenvalue weighted by atomic mass is 9.82. The van der Waals surface area contributed by atoms with Crippen molar-refractivity contribution in [3.8, 4) is 0 Å². The summed E-state index contributed by atoms with van der Waals surface area (Å²) in [7, 11) is 0. The van der Waals surface area contributed by atoms with Crippen LogP contribution in [0.3, 0.4) is 0 Å². The van der Waals surface area contributed by atoms with Gasteiger partial charge >= 0.3 is 0 Å². The van der Waals surface area contributed by atoms with Gasteiger partial charge in [-0.05, 0) is 36.0 Å². The smallest absolute Gasteiger partial charge is 0.0453 e. The van der Waals surface area contributed by atoms with Gasteiger partial charge in [-0.1, -0.05) is 65.5 Å². The summed E-state index contributed by atoms with van der Waals surface area (Å²) < 4.78 is 0. The van der Waals surface area contributed by atoms with Gasteiger partial charge in [0.25, 0.3) is 0 Å². The van der Waals surface area contributed by atoms with Crippen LogP contribution in [-0.2, 0) is 6.42 Å². The Kier molecular flexibility index (Phi) is 5.63. The molecule has 0 amide bonds. The molecule has 0 heterocycles. The molecule has 0 aliphatic heterocycles. The van der Waals surface area contributed by atoms with Gasteiger partial charge < -0.3 is 0 Å². The third-order valence-electron chi connectivity index (χ3n) is 2.81. The standard InChI is InChI=1S/C13H17BrCl2/c1-3-6-13(2,9-14)8-10-4-5-11(15)7-12(10)16/h4-5,7H,3,6,8-9H2,1-2H3. The Morgan fingerprint density at radius 1 is 1.31 bits per heavy atom. The molecule has 16 heavy (non-hydrogen) atoms. The van der Waals surface area contributed by atoms with Crippen molar-refractivity contribution in [1.82, 2.24) is 0 Å². The maximum atomic E-state index is 6.19. The molecular weight excluding hydrogens is 307 g/mol. The maximum absolute atomic E-state index is 6.19. The van der Waals surface area contributed by atoms with Crippen LogP contribution in [0.5, 0.6) is 0 Å². The molecule has 0 N–H and O–H groups in total. The molecule has 0 bridgehead atoms. The summed E-state index contributed by atoms with van der Waals surface area (Å²) in [5.41, 5.74) is 1.45. The van der Waals surface area contributed by atoms with Crippen LogP contribution in [0.1, 0.15) is 32.3 Å². The second kappa shape index (κ2) is 6.28. The summed E-state index contributed by atoms with van der Waals surface area (Å²) in [6.45, 7) is 4.50. The summed E-state index contributed by atoms with van der Waals surface area (Å²) >= 11 is 15.7. The zero-order valence-electron chi connectivity index (χ0n) is 9.69. The molecule has 0 saturated carbocycles. The fourth-order valence-electron chi connectivity index (χ4n) is 1.93. The highest BCUT2D eigenvalue weighted by Gasteiger charge is 2.23. The molecule has 1 aromatic carbocycles. The molecule has 0 nitrogen and oxygen atoms in total. The third kappa shape index (κ3) is 3.94. The lowest BCUT2D eigenvalue weighted by Crippen LogP contribution is -2.21. The van der Waals surface area contributed by atoms with Crippen molar-refractivity contribution in [3.05, 3.63) is 33.8 Å². The Labute approximate surface area is 116 Å². The molecule has 1 unspecified atom stereocenters. The lowest BCUT2D eigenvalue weighted by Gasteiger charge is -2.27. The molecule has 0 aliphatic rings. The van der Waals surface area contributed by atoms with Gasteiger partial charge in [0.05, 0.1) is 0 Å². The monoisotopic (exact) mass is 322 g/mol. The largest absolute Gasteiger partial charge is 0.0922 e. The van der Waals surface area contributed by atoms with E-state index < -0.39 is 0 Å². The summed E-state index contributed by atoms with van der Waals surface area (Å²) in [5.74, 6) is 0. The molecule has 0 aromatic heterocycles. The molecule has 1 rings (SSSR count). The summed E-state index contributed by atoms with van der Waals surface area (Å²) in [6, 6.07) is 5.75. The molecule has 1 atom stereocenters. The van der Waals surface area contributed by atoms with Crippen LogP contribution in [0.4, 0.5) is 0 Å². The normalized spacial score (nSPS) is 14.8. The predicted octanol–water partition coefficient (Wildman–Crippen LogP) is 5.74. The molecule has 0 aliphatic carbocycles. The van der Waals surface area contributed by atoms with Gasteiger partial charge in [-0.3, -0.25) is 0 Å². The summed E-state index contributed by atoms with van der Waals surface area (Å²) in [6.07, 6.45) is 3.37. The number of hydrogen-bond donors (Lipinski definition) is 0. The second-order valence-electron chi connectivity index (χ2n) is 4.61. The highest BCUT2D eigenvalue weighted by Crippen LogP contribution is 2.33. The highest BCUT2D eigenvalue weighted by molar-refractivity contribution is 9.09. The fourth-order valence-corrected chi connectivity index (χ4v) is 2.88. The van der Waals surface area contributed by atoms with E-state index in [2.05, 4.69) is 29.8 Å². The van der Waals surface area contributed by atoms with E-state index in [1.54, 1.807) is 0 Å². The lowest BCUT2D eigenvalue weighted by molar-refractivity contribution is 0.340. The van der Waals surface area contributed by atoms with Crippen LogP contribution in [-0.4, -0.2) is 5.33 Å². The molecule has 1 aromatic rings. The average Bonchev–Trinajstić information content (AvgIpc) is 2.23. The molecule has 0 radical (unpaired) electrons. The Hall–Kier alpha value is 0.280. The van der Waals surface area contributed by atoms with Gasteiger partial charge in [0.15, 0.2) is 0 Å². The summed E-state index contributed by atoms with van der Waals surface area (Å²) in [5, 5.41) is 2.47. The first-order chi connectivity index (χ1) is 7.50. The molecule has 90 valence electrons. The van der Waals surface area contributed by atoms with Crippen molar-refractivity contribution in [2.24, 2.45) is 5.41 Å². The summed E-state index contributed by atoms with van der Waals surface area (Å²) in [4.78, 5) is 0. The van der Waals surface area contributed by atoms with Gasteiger partial charge in [-0.15, -0.1) is 0 Å². The Morgan fingerprint density at radius 2 is 2.00 bits per heavy atom. The minimum atomic E-state index is 0.270. The van der Waals surface area contributed by atoms with Gasteiger partial charge in [-0.2, -0.15) is 0 Å². The predicted molar refractivity (Wildman–Crippen MR) is 77.0 cm³/mol.